The first-order valence-corrected chi connectivity index (χ1v) is 9.37. The molecule has 25 heavy (non-hydrogen) atoms. The van der Waals surface area contributed by atoms with Gasteiger partial charge in [0, 0.05) is 19.5 Å². The topological polar surface area (TPSA) is 61.4 Å². The summed E-state index contributed by atoms with van der Waals surface area (Å²) in [6, 6.07) is 10.2. The van der Waals surface area contributed by atoms with Crippen molar-refractivity contribution in [1.82, 2.24) is 15.5 Å². The third kappa shape index (κ3) is 4.40. The Morgan fingerprint density at radius 1 is 1.20 bits per heavy atom. The monoisotopic (exact) mass is 343 g/mol. The molecule has 5 nitrogen and oxygen atoms in total. The van der Waals surface area contributed by atoms with Crippen LogP contribution in [0.25, 0.3) is 0 Å². The smallest absolute Gasteiger partial charge is 0.242 e. The summed E-state index contributed by atoms with van der Waals surface area (Å²) in [6.07, 6.45) is 5.26. The van der Waals surface area contributed by atoms with Crippen molar-refractivity contribution in [3.05, 3.63) is 35.9 Å². The fourth-order valence-corrected chi connectivity index (χ4v) is 4.06. The number of amides is 2. The van der Waals surface area contributed by atoms with E-state index in [0.29, 0.717) is 5.92 Å². The molecule has 1 aromatic rings. The van der Waals surface area contributed by atoms with E-state index in [9.17, 15) is 9.59 Å². The highest BCUT2D eigenvalue weighted by atomic mass is 16.2. The summed E-state index contributed by atoms with van der Waals surface area (Å²) in [5.74, 6) is 0.393. The van der Waals surface area contributed by atoms with Crippen LogP contribution in [0, 0.1) is 5.92 Å². The zero-order valence-corrected chi connectivity index (χ0v) is 15.2. The van der Waals surface area contributed by atoms with E-state index in [2.05, 4.69) is 34.7 Å². The van der Waals surface area contributed by atoms with Gasteiger partial charge in [0.05, 0.1) is 6.04 Å². The number of rotatable bonds is 6. The molecule has 1 heterocycles. The Morgan fingerprint density at radius 2 is 1.92 bits per heavy atom. The molecule has 1 aliphatic heterocycles. The van der Waals surface area contributed by atoms with Gasteiger partial charge >= 0.3 is 0 Å². The lowest BCUT2D eigenvalue weighted by molar-refractivity contribution is -0.129. The maximum Gasteiger partial charge on any atom is 0.242 e. The minimum absolute atomic E-state index is 0.0386. The lowest BCUT2D eigenvalue weighted by Crippen LogP contribution is -2.51. The number of hydrogen-bond acceptors (Lipinski definition) is 3. The molecule has 1 saturated heterocycles. The van der Waals surface area contributed by atoms with Gasteiger partial charge in [-0.2, -0.15) is 0 Å². The van der Waals surface area contributed by atoms with Crippen LogP contribution >= 0.6 is 0 Å². The van der Waals surface area contributed by atoms with Crippen LogP contribution in [-0.2, 0) is 9.59 Å². The highest BCUT2D eigenvalue weighted by molar-refractivity contribution is 5.87. The van der Waals surface area contributed by atoms with E-state index >= 15 is 0 Å². The molecule has 136 valence electrons. The molecule has 0 radical (unpaired) electrons. The normalized spacial score (nSPS) is 25.2. The van der Waals surface area contributed by atoms with Gasteiger partial charge in [-0.3, -0.25) is 14.5 Å². The summed E-state index contributed by atoms with van der Waals surface area (Å²) >= 11 is 0. The molecule has 2 N–H and O–H groups in total. The first kappa shape index (κ1) is 17.9. The van der Waals surface area contributed by atoms with Crippen molar-refractivity contribution in [3.63, 3.8) is 0 Å². The maximum absolute atomic E-state index is 12.8. The molecule has 2 amide bonds. The van der Waals surface area contributed by atoms with E-state index in [-0.39, 0.29) is 23.9 Å². The van der Waals surface area contributed by atoms with Crippen LogP contribution < -0.4 is 10.6 Å². The lowest BCUT2D eigenvalue weighted by atomic mass is 9.80. The summed E-state index contributed by atoms with van der Waals surface area (Å²) in [5.41, 5.74) is 1.22. The number of benzene rings is 1. The first-order valence-electron chi connectivity index (χ1n) is 9.37. The Morgan fingerprint density at radius 3 is 2.52 bits per heavy atom. The van der Waals surface area contributed by atoms with Gasteiger partial charge in [-0.1, -0.05) is 49.6 Å². The van der Waals surface area contributed by atoms with Crippen LogP contribution in [0.3, 0.4) is 0 Å². The predicted octanol–water partition coefficient (Wildman–Crippen LogP) is 2.24. The average Bonchev–Trinajstić information content (AvgIpc) is 2.90. The van der Waals surface area contributed by atoms with E-state index < -0.39 is 6.04 Å². The third-order valence-electron chi connectivity index (χ3n) is 5.61. The summed E-state index contributed by atoms with van der Waals surface area (Å²) in [7, 11) is 2.10. The van der Waals surface area contributed by atoms with Crippen molar-refractivity contribution < 1.29 is 9.59 Å². The number of hydrogen-bond donors (Lipinski definition) is 2. The standard InChI is InChI=1S/C20H29N3O2/c1-14(24)21-18(13-15-7-6-8-15)20(25)22-17-11-12-23(2)19(17)16-9-4-3-5-10-16/h3-5,9-10,15,17-19H,6-8,11-13H2,1-2H3,(H,21,24)(H,22,25)/t17?,18-,19?/m1/s1. The summed E-state index contributed by atoms with van der Waals surface area (Å²) in [5, 5.41) is 6.08. The average molecular weight is 343 g/mol. The molecule has 3 rings (SSSR count). The molecule has 2 aliphatic rings. The second-order valence-electron chi connectivity index (χ2n) is 7.53. The summed E-state index contributed by atoms with van der Waals surface area (Å²) < 4.78 is 0. The molecule has 0 bridgehead atoms. The van der Waals surface area contributed by atoms with Gasteiger partial charge in [0.2, 0.25) is 11.8 Å². The van der Waals surface area contributed by atoms with E-state index in [1.54, 1.807) is 0 Å². The molecule has 2 unspecified atom stereocenters. The fourth-order valence-electron chi connectivity index (χ4n) is 4.06. The van der Waals surface area contributed by atoms with Crippen LogP contribution in [0.2, 0.25) is 0 Å². The number of carbonyl (C=O) groups excluding carboxylic acids is 2. The van der Waals surface area contributed by atoms with E-state index in [1.807, 2.05) is 18.2 Å². The van der Waals surface area contributed by atoms with Gasteiger partial charge in [0.25, 0.3) is 0 Å². The molecule has 0 aromatic heterocycles. The van der Waals surface area contributed by atoms with Crippen LogP contribution in [-0.4, -0.2) is 42.4 Å². The van der Waals surface area contributed by atoms with Gasteiger partial charge < -0.3 is 10.6 Å². The van der Waals surface area contributed by atoms with Crippen molar-refractivity contribution in [2.45, 2.75) is 57.2 Å². The number of nitrogens with one attached hydrogen (secondary N) is 2. The van der Waals surface area contributed by atoms with Gasteiger partial charge in [-0.05, 0) is 31.4 Å². The number of nitrogens with zero attached hydrogens (tertiary/aromatic N) is 1. The van der Waals surface area contributed by atoms with Gasteiger partial charge in [0.1, 0.15) is 6.04 Å². The zero-order valence-electron chi connectivity index (χ0n) is 15.2. The largest absolute Gasteiger partial charge is 0.350 e. The fraction of sp³-hybridized carbons (Fsp3) is 0.600. The van der Waals surface area contributed by atoms with Gasteiger partial charge in [0.15, 0.2) is 0 Å². The molecule has 1 saturated carbocycles. The molecular formula is C20H29N3O2. The Balaban J connectivity index is 1.67. The van der Waals surface area contributed by atoms with Gasteiger partial charge in [-0.25, -0.2) is 0 Å². The van der Waals surface area contributed by atoms with Crippen LogP contribution in [0.5, 0.6) is 0 Å². The van der Waals surface area contributed by atoms with Crippen molar-refractivity contribution in [2.75, 3.05) is 13.6 Å². The molecule has 2 fully saturated rings. The molecule has 5 heteroatoms. The van der Waals surface area contributed by atoms with Crippen LogP contribution in [0.4, 0.5) is 0 Å². The molecule has 1 aromatic carbocycles. The van der Waals surface area contributed by atoms with Crippen LogP contribution in [0.15, 0.2) is 30.3 Å². The minimum Gasteiger partial charge on any atom is -0.350 e. The van der Waals surface area contributed by atoms with Crippen LogP contribution in [0.1, 0.15) is 50.6 Å². The van der Waals surface area contributed by atoms with E-state index in [4.69, 9.17) is 0 Å². The SMILES string of the molecule is CC(=O)N[C@H](CC1CCC1)C(=O)NC1CCN(C)C1c1ccccc1. The number of likely N-dealkylation sites (N-methyl/N-ethyl adjacent to an activating group) is 1. The van der Waals surface area contributed by atoms with Crippen molar-refractivity contribution >= 4 is 11.8 Å². The second-order valence-corrected chi connectivity index (χ2v) is 7.53. The molecular weight excluding hydrogens is 314 g/mol. The van der Waals surface area contributed by atoms with Crippen molar-refractivity contribution in [3.8, 4) is 0 Å². The second kappa shape index (κ2) is 8.00. The van der Waals surface area contributed by atoms with Crippen molar-refractivity contribution in [2.24, 2.45) is 5.92 Å². The molecule has 3 atom stereocenters. The Hall–Kier alpha value is -1.88. The summed E-state index contributed by atoms with van der Waals surface area (Å²) in [4.78, 5) is 26.7. The lowest BCUT2D eigenvalue weighted by Gasteiger charge is -2.31. The molecule has 0 spiro atoms. The third-order valence-corrected chi connectivity index (χ3v) is 5.61. The summed E-state index contributed by atoms with van der Waals surface area (Å²) in [6.45, 7) is 2.44. The quantitative estimate of drug-likeness (QED) is 0.833. The minimum atomic E-state index is -0.412. The highest BCUT2D eigenvalue weighted by Gasteiger charge is 2.36. The Kier molecular flexibility index (Phi) is 5.74. The predicted molar refractivity (Wildman–Crippen MR) is 97.9 cm³/mol. The molecule has 1 aliphatic carbocycles. The first-order chi connectivity index (χ1) is 12.0. The van der Waals surface area contributed by atoms with E-state index in [1.165, 1.54) is 31.7 Å². The zero-order chi connectivity index (χ0) is 17.8. The highest BCUT2D eigenvalue weighted by Crippen LogP contribution is 2.32. The maximum atomic E-state index is 12.8. The van der Waals surface area contributed by atoms with Gasteiger partial charge in [-0.15, -0.1) is 0 Å². The Labute approximate surface area is 150 Å². The van der Waals surface area contributed by atoms with E-state index in [0.717, 1.165) is 19.4 Å². The Bertz CT molecular complexity index is 600. The number of carbonyl (C=O) groups is 2. The number of likely N-dealkylation sites (tertiary alicyclic amines) is 1. The van der Waals surface area contributed by atoms with Crippen molar-refractivity contribution in [1.29, 1.82) is 0 Å².